The number of amides is 1. The van der Waals surface area contributed by atoms with Gasteiger partial charge in [-0.25, -0.2) is 0 Å². The van der Waals surface area contributed by atoms with Crippen molar-refractivity contribution in [1.82, 2.24) is 0 Å². The van der Waals surface area contributed by atoms with Crippen molar-refractivity contribution >= 4 is 28.7 Å². The molecule has 1 amide bonds. The highest BCUT2D eigenvalue weighted by atomic mass is 19.3. The van der Waals surface area contributed by atoms with Gasteiger partial charge < -0.3 is 15.4 Å². The molecule has 24 heavy (non-hydrogen) atoms. The molecule has 0 aliphatic carbocycles. The van der Waals surface area contributed by atoms with Crippen molar-refractivity contribution in [1.29, 1.82) is 0 Å². The Bertz CT molecular complexity index is 751. The highest BCUT2D eigenvalue weighted by Gasteiger charge is 2.19. The summed E-state index contributed by atoms with van der Waals surface area (Å²) in [6, 6.07) is 10.2. The molecule has 126 valence electrons. The van der Waals surface area contributed by atoms with E-state index in [0.717, 1.165) is 12.1 Å². The van der Waals surface area contributed by atoms with Crippen molar-refractivity contribution in [3.8, 4) is 5.75 Å². The number of anilines is 3. The molecular weight excluding hydrogens is 324 g/mol. The van der Waals surface area contributed by atoms with Crippen LogP contribution in [0, 0.1) is 10.1 Å². The van der Waals surface area contributed by atoms with Gasteiger partial charge in [0.15, 0.2) is 0 Å². The van der Waals surface area contributed by atoms with E-state index in [1.807, 2.05) is 0 Å². The number of nitro benzene ring substituents is 1. The molecule has 0 saturated heterocycles. The molecular formula is C15H13F2N3O4. The Balaban J connectivity index is 2.20. The Labute approximate surface area is 135 Å². The Hall–Kier alpha value is -3.23. The topological polar surface area (TPSA) is 93.5 Å². The molecule has 0 heterocycles. The minimum Gasteiger partial charge on any atom is -0.427 e. The zero-order valence-corrected chi connectivity index (χ0v) is 12.5. The van der Waals surface area contributed by atoms with E-state index in [-0.39, 0.29) is 5.91 Å². The highest BCUT2D eigenvalue weighted by Crippen LogP contribution is 2.32. The van der Waals surface area contributed by atoms with Crippen molar-refractivity contribution in [3.63, 3.8) is 0 Å². The van der Waals surface area contributed by atoms with Gasteiger partial charge in [-0.05, 0) is 30.3 Å². The Morgan fingerprint density at radius 1 is 1.12 bits per heavy atom. The Kier molecular flexibility index (Phi) is 5.25. The van der Waals surface area contributed by atoms with Gasteiger partial charge >= 0.3 is 12.3 Å². The predicted octanol–water partition coefficient (Wildman–Crippen LogP) is 3.90. The summed E-state index contributed by atoms with van der Waals surface area (Å²) in [6.45, 7) is -1.79. The number of benzene rings is 2. The fourth-order valence-corrected chi connectivity index (χ4v) is 1.94. The maximum Gasteiger partial charge on any atom is 0.387 e. The number of carbonyl (C=O) groups is 1. The number of hydrogen-bond acceptors (Lipinski definition) is 5. The minimum absolute atomic E-state index is 0.208. The Morgan fingerprint density at radius 3 is 2.25 bits per heavy atom. The van der Waals surface area contributed by atoms with Crippen molar-refractivity contribution in [2.24, 2.45) is 0 Å². The second-order valence-electron chi connectivity index (χ2n) is 4.70. The van der Waals surface area contributed by atoms with Crippen LogP contribution in [0.3, 0.4) is 0 Å². The molecule has 0 aliphatic rings. The molecule has 2 aromatic carbocycles. The number of nitro groups is 1. The summed E-state index contributed by atoms with van der Waals surface area (Å²) >= 11 is 0. The molecule has 0 bridgehead atoms. The van der Waals surface area contributed by atoms with Crippen molar-refractivity contribution < 1.29 is 23.2 Å². The van der Waals surface area contributed by atoms with Crippen LogP contribution in [0.2, 0.25) is 0 Å². The first-order valence-corrected chi connectivity index (χ1v) is 6.73. The van der Waals surface area contributed by atoms with Gasteiger partial charge in [-0.15, -0.1) is 0 Å². The quantitative estimate of drug-likeness (QED) is 0.616. The molecule has 2 aromatic rings. The fourth-order valence-electron chi connectivity index (χ4n) is 1.94. The third kappa shape index (κ3) is 4.63. The summed E-state index contributed by atoms with van der Waals surface area (Å²) in [5.41, 5.74) is 0.977. The van der Waals surface area contributed by atoms with Gasteiger partial charge in [-0.2, -0.15) is 8.78 Å². The van der Waals surface area contributed by atoms with Gasteiger partial charge in [-0.3, -0.25) is 14.9 Å². The number of nitrogens with one attached hydrogen (secondary N) is 2. The van der Waals surface area contributed by atoms with E-state index in [1.54, 1.807) is 24.3 Å². The van der Waals surface area contributed by atoms with Crippen LogP contribution < -0.4 is 15.4 Å². The Morgan fingerprint density at radius 2 is 1.71 bits per heavy atom. The van der Waals surface area contributed by atoms with Gasteiger partial charge in [0, 0.05) is 36.1 Å². The summed E-state index contributed by atoms with van der Waals surface area (Å²) in [7, 11) is 0. The fraction of sp³-hybridized carbons (Fsp3) is 0.133. The summed E-state index contributed by atoms with van der Waals surface area (Å²) in [4.78, 5) is 21.0. The van der Waals surface area contributed by atoms with Crippen LogP contribution in [0.15, 0.2) is 42.5 Å². The molecule has 0 spiro atoms. The molecule has 2 rings (SSSR count). The van der Waals surface area contributed by atoms with Gasteiger partial charge in [0.2, 0.25) is 11.7 Å². The van der Waals surface area contributed by atoms with E-state index < -0.39 is 23.0 Å². The summed E-state index contributed by atoms with van der Waals surface area (Å²) in [6.07, 6.45) is 0. The molecule has 0 unspecified atom stereocenters. The maximum atomic E-state index is 12.4. The third-order valence-corrected chi connectivity index (χ3v) is 2.87. The van der Waals surface area contributed by atoms with Crippen LogP contribution in [-0.2, 0) is 4.79 Å². The van der Waals surface area contributed by atoms with Gasteiger partial charge in [-0.1, -0.05) is 0 Å². The van der Waals surface area contributed by atoms with Crippen LogP contribution >= 0.6 is 0 Å². The second kappa shape index (κ2) is 7.36. The number of rotatable bonds is 6. The molecule has 0 aromatic heterocycles. The molecule has 0 aliphatic heterocycles. The van der Waals surface area contributed by atoms with Gasteiger partial charge in [0.1, 0.15) is 0 Å². The molecule has 2 N–H and O–H groups in total. The second-order valence-corrected chi connectivity index (χ2v) is 4.70. The smallest absolute Gasteiger partial charge is 0.387 e. The van der Waals surface area contributed by atoms with Gasteiger partial charge in [0.05, 0.1) is 4.92 Å². The van der Waals surface area contributed by atoms with Crippen LogP contribution in [0.25, 0.3) is 0 Å². The van der Waals surface area contributed by atoms with Crippen LogP contribution in [0.4, 0.5) is 31.5 Å². The van der Waals surface area contributed by atoms with Crippen molar-refractivity contribution in [3.05, 3.63) is 52.6 Å². The van der Waals surface area contributed by atoms with E-state index in [4.69, 9.17) is 0 Å². The zero-order valence-electron chi connectivity index (χ0n) is 12.5. The average Bonchev–Trinajstić information content (AvgIpc) is 2.48. The molecule has 9 heteroatoms. The molecule has 0 saturated carbocycles. The molecule has 7 nitrogen and oxygen atoms in total. The van der Waals surface area contributed by atoms with Crippen molar-refractivity contribution in [2.45, 2.75) is 13.5 Å². The zero-order chi connectivity index (χ0) is 17.7. The summed E-state index contributed by atoms with van der Waals surface area (Å²) < 4.78 is 28.9. The molecule has 0 fully saturated rings. The highest BCUT2D eigenvalue weighted by molar-refractivity contribution is 5.88. The summed E-state index contributed by atoms with van der Waals surface area (Å²) in [5, 5.41) is 16.3. The average molecular weight is 337 g/mol. The normalized spacial score (nSPS) is 10.3. The first-order valence-electron chi connectivity index (χ1n) is 6.73. The number of alkyl halides is 2. The lowest BCUT2D eigenvalue weighted by atomic mass is 10.2. The first-order chi connectivity index (χ1) is 11.3. The monoisotopic (exact) mass is 337 g/mol. The van der Waals surface area contributed by atoms with Crippen LogP contribution in [-0.4, -0.2) is 17.4 Å². The lowest BCUT2D eigenvalue weighted by Gasteiger charge is -2.10. The number of carbonyl (C=O) groups excluding carboxylic acids is 1. The summed E-state index contributed by atoms with van der Waals surface area (Å²) in [5.74, 6) is -0.741. The van der Waals surface area contributed by atoms with Crippen molar-refractivity contribution in [2.75, 3.05) is 10.6 Å². The van der Waals surface area contributed by atoms with E-state index in [9.17, 15) is 23.7 Å². The maximum absolute atomic E-state index is 12.4. The lowest BCUT2D eigenvalue weighted by Crippen LogP contribution is -2.06. The lowest BCUT2D eigenvalue weighted by molar-refractivity contribution is -0.386. The van der Waals surface area contributed by atoms with Crippen LogP contribution in [0.1, 0.15) is 6.92 Å². The number of hydrogen-bond donors (Lipinski definition) is 2. The predicted molar refractivity (Wildman–Crippen MR) is 83.8 cm³/mol. The largest absolute Gasteiger partial charge is 0.427 e. The SMILES string of the molecule is CC(=O)Nc1ccc(Nc2ccc([N+](=O)[O-])c(OC(F)F)c2)cc1. The minimum atomic E-state index is -3.17. The van der Waals surface area contributed by atoms with E-state index >= 15 is 0 Å². The van der Waals surface area contributed by atoms with Gasteiger partial charge in [0.25, 0.3) is 0 Å². The van der Waals surface area contributed by atoms with E-state index in [2.05, 4.69) is 15.4 Å². The number of nitrogens with zero attached hydrogens (tertiary/aromatic N) is 1. The molecule has 0 radical (unpaired) electrons. The number of ether oxygens (including phenoxy) is 1. The molecule has 0 atom stereocenters. The number of halogens is 2. The van der Waals surface area contributed by atoms with Crippen LogP contribution in [0.5, 0.6) is 5.75 Å². The van der Waals surface area contributed by atoms with E-state index in [1.165, 1.54) is 13.0 Å². The van der Waals surface area contributed by atoms with E-state index in [0.29, 0.717) is 17.1 Å². The first kappa shape index (κ1) is 17.1. The third-order valence-electron chi connectivity index (χ3n) is 2.87. The standard InChI is InChI=1S/C15H13F2N3O4/c1-9(21)18-10-2-4-11(5-3-10)19-12-6-7-13(20(22)23)14(8-12)24-15(16)17/h2-8,15,19H,1H3,(H,18,21).